The van der Waals surface area contributed by atoms with E-state index in [4.69, 9.17) is 4.74 Å². The van der Waals surface area contributed by atoms with E-state index in [1.807, 2.05) is 18.7 Å². The molecule has 1 aromatic rings. The Kier molecular flexibility index (Phi) is 6.92. The van der Waals surface area contributed by atoms with Crippen LogP contribution < -0.4 is 5.32 Å². The Bertz CT molecular complexity index is 372. The SMILES string of the molecule is CCCNc1c(COCCCC(C)C)c(C)nn1C. The quantitative estimate of drug-likeness (QED) is 0.696. The first-order chi connectivity index (χ1) is 9.06. The molecular weight excluding hydrogens is 238 g/mol. The van der Waals surface area contributed by atoms with E-state index in [1.54, 1.807) is 0 Å². The third-order valence-corrected chi connectivity index (χ3v) is 3.21. The lowest BCUT2D eigenvalue weighted by atomic mass is 10.1. The zero-order valence-electron chi connectivity index (χ0n) is 13.1. The Hall–Kier alpha value is -1.03. The Morgan fingerprint density at radius 3 is 2.74 bits per heavy atom. The monoisotopic (exact) mass is 267 g/mol. The van der Waals surface area contributed by atoms with Gasteiger partial charge in [0, 0.05) is 25.8 Å². The number of anilines is 1. The molecule has 0 amide bonds. The minimum atomic E-state index is 0.657. The van der Waals surface area contributed by atoms with Crippen molar-refractivity contribution in [2.75, 3.05) is 18.5 Å². The van der Waals surface area contributed by atoms with Gasteiger partial charge in [-0.25, -0.2) is 0 Å². The molecule has 4 heteroatoms. The number of nitrogens with zero attached hydrogens (tertiary/aromatic N) is 2. The lowest BCUT2D eigenvalue weighted by molar-refractivity contribution is 0.115. The van der Waals surface area contributed by atoms with Crippen molar-refractivity contribution < 1.29 is 4.74 Å². The maximum Gasteiger partial charge on any atom is 0.129 e. The molecule has 0 unspecified atom stereocenters. The van der Waals surface area contributed by atoms with Gasteiger partial charge in [-0.3, -0.25) is 4.68 Å². The van der Waals surface area contributed by atoms with Gasteiger partial charge < -0.3 is 10.1 Å². The standard InChI is InChI=1S/C15H29N3O/c1-6-9-16-15-14(13(4)17-18(15)5)11-19-10-7-8-12(2)3/h12,16H,6-11H2,1-5H3. The summed E-state index contributed by atoms with van der Waals surface area (Å²) in [6.07, 6.45) is 3.47. The summed E-state index contributed by atoms with van der Waals surface area (Å²) >= 11 is 0. The molecule has 0 radical (unpaired) electrons. The van der Waals surface area contributed by atoms with Gasteiger partial charge in [-0.1, -0.05) is 20.8 Å². The van der Waals surface area contributed by atoms with Gasteiger partial charge in [0.15, 0.2) is 0 Å². The number of aromatic nitrogens is 2. The van der Waals surface area contributed by atoms with Gasteiger partial charge in [0.2, 0.25) is 0 Å². The number of aryl methyl sites for hydroxylation is 2. The van der Waals surface area contributed by atoms with Crippen molar-refractivity contribution in [1.29, 1.82) is 0 Å². The van der Waals surface area contributed by atoms with Crippen LogP contribution in [0.1, 0.15) is 51.3 Å². The maximum absolute atomic E-state index is 5.79. The highest BCUT2D eigenvalue weighted by molar-refractivity contribution is 5.47. The molecule has 0 aliphatic rings. The summed E-state index contributed by atoms with van der Waals surface area (Å²) in [5.74, 6) is 1.86. The highest BCUT2D eigenvalue weighted by atomic mass is 16.5. The highest BCUT2D eigenvalue weighted by Gasteiger charge is 2.12. The van der Waals surface area contributed by atoms with Crippen molar-refractivity contribution in [2.45, 2.75) is 53.6 Å². The number of nitrogens with one attached hydrogen (secondary N) is 1. The topological polar surface area (TPSA) is 39.1 Å². The van der Waals surface area contributed by atoms with Gasteiger partial charge >= 0.3 is 0 Å². The van der Waals surface area contributed by atoms with E-state index in [-0.39, 0.29) is 0 Å². The Morgan fingerprint density at radius 1 is 1.37 bits per heavy atom. The fraction of sp³-hybridized carbons (Fsp3) is 0.800. The average Bonchev–Trinajstić information content (AvgIpc) is 2.61. The maximum atomic E-state index is 5.79. The molecule has 1 aromatic heterocycles. The van der Waals surface area contributed by atoms with Crippen LogP contribution in [0.3, 0.4) is 0 Å². The molecule has 1 heterocycles. The normalized spacial score (nSPS) is 11.3. The summed E-state index contributed by atoms with van der Waals surface area (Å²) in [7, 11) is 1.98. The van der Waals surface area contributed by atoms with E-state index in [2.05, 4.69) is 31.2 Å². The smallest absolute Gasteiger partial charge is 0.129 e. The van der Waals surface area contributed by atoms with Crippen molar-refractivity contribution in [3.8, 4) is 0 Å². The van der Waals surface area contributed by atoms with Crippen LogP contribution in [0.4, 0.5) is 5.82 Å². The molecule has 0 aliphatic heterocycles. The van der Waals surface area contributed by atoms with Crippen LogP contribution in [0, 0.1) is 12.8 Å². The van der Waals surface area contributed by atoms with Crippen molar-refractivity contribution >= 4 is 5.82 Å². The Labute approximate surface area is 117 Å². The van der Waals surface area contributed by atoms with E-state index in [1.165, 1.54) is 12.0 Å². The van der Waals surface area contributed by atoms with Crippen LogP contribution >= 0.6 is 0 Å². The third kappa shape index (κ3) is 5.23. The highest BCUT2D eigenvalue weighted by Crippen LogP contribution is 2.20. The van der Waals surface area contributed by atoms with Gasteiger partial charge in [-0.2, -0.15) is 5.10 Å². The van der Waals surface area contributed by atoms with Gasteiger partial charge in [0.05, 0.1) is 12.3 Å². The second-order valence-electron chi connectivity index (χ2n) is 5.55. The summed E-state index contributed by atoms with van der Waals surface area (Å²) in [5, 5.41) is 7.90. The predicted octanol–water partition coefficient (Wildman–Crippen LogP) is 3.50. The number of ether oxygens (including phenoxy) is 1. The van der Waals surface area contributed by atoms with E-state index >= 15 is 0 Å². The van der Waals surface area contributed by atoms with Crippen molar-refractivity contribution in [1.82, 2.24) is 9.78 Å². The Morgan fingerprint density at radius 2 is 2.11 bits per heavy atom. The molecule has 110 valence electrons. The van der Waals surface area contributed by atoms with Crippen molar-refractivity contribution in [2.24, 2.45) is 13.0 Å². The predicted molar refractivity (Wildman–Crippen MR) is 80.5 cm³/mol. The van der Waals surface area contributed by atoms with Gasteiger partial charge in [-0.05, 0) is 32.1 Å². The van der Waals surface area contributed by atoms with Crippen LogP contribution in [0.15, 0.2) is 0 Å². The van der Waals surface area contributed by atoms with Gasteiger partial charge in [0.1, 0.15) is 5.82 Å². The molecule has 0 bridgehead atoms. The minimum Gasteiger partial charge on any atom is -0.377 e. The number of hydrogen-bond donors (Lipinski definition) is 1. The van der Waals surface area contributed by atoms with Crippen LogP contribution in [0.5, 0.6) is 0 Å². The molecular formula is C15H29N3O. The zero-order valence-corrected chi connectivity index (χ0v) is 13.1. The fourth-order valence-corrected chi connectivity index (χ4v) is 2.11. The van der Waals surface area contributed by atoms with Crippen LogP contribution in [0.25, 0.3) is 0 Å². The zero-order chi connectivity index (χ0) is 14.3. The first-order valence-corrected chi connectivity index (χ1v) is 7.40. The molecule has 0 aromatic carbocycles. The minimum absolute atomic E-state index is 0.657. The van der Waals surface area contributed by atoms with Crippen LogP contribution in [0.2, 0.25) is 0 Å². The van der Waals surface area contributed by atoms with Crippen LogP contribution in [-0.2, 0) is 18.4 Å². The molecule has 1 rings (SSSR count). The lowest BCUT2D eigenvalue weighted by Crippen LogP contribution is -2.08. The summed E-state index contributed by atoms with van der Waals surface area (Å²) < 4.78 is 7.71. The van der Waals surface area contributed by atoms with E-state index in [0.29, 0.717) is 6.61 Å². The number of hydrogen-bond acceptors (Lipinski definition) is 3. The summed E-state index contributed by atoms with van der Waals surface area (Å²) in [6, 6.07) is 0. The van der Waals surface area contributed by atoms with Crippen LogP contribution in [-0.4, -0.2) is 22.9 Å². The molecule has 0 aliphatic carbocycles. The average molecular weight is 267 g/mol. The summed E-state index contributed by atoms with van der Waals surface area (Å²) in [5.41, 5.74) is 2.26. The van der Waals surface area contributed by atoms with Gasteiger partial charge in [0.25, 0.3) is 0 Å². The molecule has 0 spiro atoms. The molecule has 0 saturated heterocycles. The fourth-order valence-electron chi connectivity index (χ4n) is 2.11. The molecule has 0 fully saturated rings. The largest absolute Gasteiger partial charge is 0.377 e. The summed E-state index contributed by atoms with van der Waals surface area (Å²) in [6.45, 7) is 11.2. The number of rotatable bonds is 9. The van der Waals surface area contributed by atoms with E-state index < -0.39 is 0 Å². The molecule has 19 heavy (non-hydrogen) atoms. The molecule has 1 N–H and O–H groups in total. The first-order valence-electron chi connectivity index (χ1n) is 7.40. The molecule has 0 atom stereocenters. The van der Waals surface area contributed by atoms with Gasteiger partial charge in [-0.15, -0.1) is 0 Å². The van der Waals surface area contributed by atoms with Crippen molar-refractivity contribution in [3.05, 3.63) is 11.3 Å². The van der Waals surface area contributed by atoms with Crippen molar-refractivity contribution in [3.63, 3.8) is 0 Å². The lowest BCUT2D eigenvalue weighted by Gasteiger charge is -2.10. The summed E-state index contributed by atoms with van der Waals surface area (Å²) in [4.78, 5) is 0. The molecule has 4 nitrogen and oxygen atoms in total. The second-order valence-corrected chi connectivity index (χ2v) is 5.55. The Balaban J connectivity index is 2.47. The van der Waals surface area contributed by atoms with E-state index in [9.17, 15) is 0 Å². The third-order valence-electron chi connectivity index (χ3n) is 3.21. The van der Waals surface area contributed by atoms with E-state index in [0.717, 1.165) is 43.4 Å². The second kappa shape index (κ2) is 8.20. The molecule has 0 saturated carbocycles. The first kappa shape index (κ1) is 16.0.